The van der Waals surface area contributed by atoms with Gasteiger partial charge in [-0.1, -0.05) is 0 Å². The van der Waals surface area contributed by atoms with Gasteiger partial charge in [0, 0.05) is 11.4 Å². The van der Waals surface area contributed by atoms with Crippen LogP contribution >= 0.6 is 11.3 Å². The van der Waals surface area contributed by atoms with Gasteiger partial charge in [-0.2, -0.15) is 0 Å². The number of benzene rings is 1. The van der Waals surface area contributed by atoms with E-state index in [-0.39, 0.29) is 4.90 Å². The van der Waals surface area contributed by atoms with Crippen molar-refractivity contribution in [1.82, 2.24) is 4.72 Å². The first-order chi connectivity index (χ1) is 9.44. The quantitative estimate of drug-likeness (QED) is 0.739. The van der Waals surface area contributed by atoms with Gasteiger partial charge in [0.15, 0.2) is 0 Å². The molecule has 0 bridgehead atoms. The van der Waals surface area contributed by atoms with Crippen LogP contribution in [0.5, 0.6) is 0 Å². The predicted octanol–water partition coefficient (Wildman–Crippen LogP) is 2.16. The highest BCUT2D eigenvalue weighted by Gasteiger charge is 2.13. The molecule has 1 heterocycles. The molecule has 2 aromatic rings. The first kappa shape index (κ1) is 14.8. The van der Waals surface area contributed by atoms with Gasteiger partial charge in [-0.25, -0.2) is 13.1 Å². The summed E-state index contributed by atoms with van der Waals surface area (Å²) in [5.41, 5.74) is 8.23. The van der Waals surface area contributed by atoms with Crippen molar-refractivity contribution in [3.63, 3.8) is 0 Å². The van der Waals surface area contributed by atoms with Gasteiger partial charge < -0.3 is 11.1 Å². The van der Waals surface area contributed by atoms with E-state index in [1.54, 1.807) is 23.5 Å². The molecule has 0 unspecified atom stereocenters. The van der Waals surface area contributed by atoms with Crippen LogP contribution in [0.1, 0.15) is 10.4 Å². The molecule has 5 nitrogen and oxygen atoms in total. The Balaban J connectivity index is 2.24. The minimum absolute atomic E-state index is 0.194. The maximum Gasteiger partial charge on any atom is 0.240 e. The number of nitrogens with two attached hydrogens (primary N) is 1. The molecule has 0 aliphatic rings. The summed E-state index contributed by atoms with van der Waals surface area (Å²) in [7, 11) is -2.08. The van der Waals surface area contributed by atoms with Crippen molar-refractivity contribution in [2.45, 2.75) is 18.4 Å². The van der Waals surface area contributed by atoms with Gasteiger partial charge in [-0.3, -0.25) is 0 Å². The third kappa shape index (κ3) is 3.12. The van der Waals surface area contributed by atoms with Crippen LogP contribution in [-0.4, -0.2) is 15.5 Å². The zero-order valence-corrected chi connectivity index (χ0v) is 12.9. The fraction of sp³-hybridized carbons (Fsp3) is 0.231. The van der Waals surface area contributed by atoms with Crippen LogP contribution in [-0.2, 0) is 16.6 Å². The van der Waals surface area contributed by atoms with E-state index < -0.39 is 10.0 Å². The molecule has 0 aliphatic heterocycles. The van der Waals surface area contributed by atoms with E-state index in [1.165, 1.54) is 23.6 Å². The molecule has 0 amide bonds. The van der Waals surface area contributed by atoms with Gasteiger partial charge in [0.1, 0.15) is 0 Å². The maximum atomic E-state index is 11.8. The minimum Gasteiger partial charge on any atom is -0.397 e. The standard InChI is InChI=1S/C13H17N3O2S2/c1-9-5-6-19-13(9)8-16-12-7-10(3-4-11(12)14)20(17,18)15-2/h3-7,15-16H,8,14H2,1-2H3. The van der Waals surface area contributed by atoms with E-state index in [9.17, 15) is 8.42 Å². The highest BCUT2D eigenvalue weighted by molar-refractivity contribution is 7.89. The summed E-state index contributed by atoms with van der Waals surface area (Å²) >= 11 is 1.65. The van der Waals surface area contributed by atoms with Crippen LogP contribution < -0.4 is 15.8 Å². The molecule has 0 spiro atoms. The molecule has 0 saturated carbocycles. The number of rotatable bonds is 5. The van der Waals surface area contributed by atoms with Gasteiger partial charge in [0.05, 0.1) is 16.3 Å². The fourth-order valence-electron chi connectivity index (χ4n) is 1.73. The summed E-state index contributed by atoms with van der Waals surface area (Å²) in [5.74, 6) is 0. The molecule has 1 aromatic carbocycles. The Morgan fingerprint density at radius 2 is 2.05 bits per heavy atom. The van der Waals surface area contributed by atoms with Gasteiger partial charge in [-0.15, -0.1) is 11.3 Å². The minimum atomic E-state index is -3.46. The van der Waals surface area contributed by atoms with Crippen LogP contribution in [0.4, 0.5) is 11.4 Å². The molecule has 0 saturated heterocycles. The van der Waals surface area contributed by atoms with Crippen molar-refractivity contribution in [3.05, 3.63) is 40.1 Å². The van der Waals surface area contributed by atoms with E-state index in [0.29, 0.717) is 17.9 Å². The molecule has 0 atom stereocenters. The topological polar surface area (TPSA) is 84.2 Å². The maximum absolute atomic E-state index is 11.8. The molecule has 20 heavy (non-hydrogen) atoms. The Kier molecular flexibility index (Phi) is 4.32. The van der Waals surface area contributed by atoms with Gasteiger partial charge >= 0.3 is 0 Å². The van der Waals surface area contributed by atoms with Crippen molar-refractivity contribution in [1.29, 1.82) is 0 Å². The lowest BCUT2D eigenvalue weighted by Crippen LogP contribution is -2.18. The summed E-state index contributed by atoms with van der Waals surface area (Å²) in [5, 5.41) is 5.21. The van der Waals surface area contributed by atoms with E-state index in [2.05, 4.69) is 10.0 Å². The number of aryl methyl sites for hydroxylation is 1. The second-order valence-electron chi connectivity index (χ2n) is 4.34. The van der Waals surface area contributed by atoms with Gasteiger partial charge in [-0.05, 0) is 49.2 Å². The molecule has 4 N–H and O–H groups in total. The van der Waals surface area contributed by atoms with Crippen LogP contribution in [0.25, 0.3) is 0 Å². The second kappa shape index (κ2) is 5.82. The smallest absolute Gasteiger partial charge is 0.240 e. The largest absolute Gasteiger partial charge is 0.397 e. The second-order valence-corrected chi connectivity index (χ2v) is 7.22. The normalized spacial score (nSPS) is 11.5. The summed E-state index contributed by atoms with van der Waals surface area (Å²) in [4.78, 5) is 1.39. The SMILES string of the molecule is CNS(=O)(=O)c1ccc(N)c(NCc2sccc2C)c1. The molecule has 0 fully saturated rings. The number of hydrogen-bond acceptors (Lipinski definition) is 5. The van der Waals surface area contributed by atoms with E-state index >= 15 is 0 Å². The number of hydrogen-bond donors (Lipinski definition) is 3. The van der Waals surface area contributed by atoms with Crippen LogP contribution in [0.3, 0.4) is 0 Å². The zero-order chi connectivity index (χ0) is 14.8. The lowest BCUT2D eigenvalue weighted by Gasteiger charge is -2.11. The third-order valence-corrected chi connectivity index (χ3v) is 5.45. The molecular formula is C13H17N3O2S2. The average molecular weight is 311 g/mol. The fourth-order valence-corrected chi connectivity index (χ4v) is 3.34. The molecule has 7 heteroatoms. The predicted molar refractivity (Wildman–Crippen MR) is 83.5 cm³/mol. The first-order valence-electron chi connectivity index (χ1n) is 6.04. The van der Waals surface area contributed by atoms with Crippen molar-refractivity contribution in [3.8, 4) is 0 Å². The summed E-state index contributed by atoms with van der Waals surface area (Å²) in [6.07, 6.45) is 0. The van der Waals surface area contributed by atoms with Crippen molar-refractivity contribution in [2.75, 3.05) is 18.1 Å². The zero-order valence-electron chi connectivity index (χ0n) is 11.3. The molecular weight excluding hydrogens is 294 g/mol. The van der Waals surface area contributed by atoms with Crippen LogP contribution in [0.2, 0.25) is 0 Å². The third-order valence-electron chi connectivity index (χ3n) is 3.01. The van der Waals surface area contributed by atoms with Gasteiger partial charge in [0.25, 0.3) is 0 Å². The Morgan fingerprint density at radius 3 is 2.65 bits per heavy atom. The first-order valence-corrected chi connectivity index (χ1v) is 8.40. The summed E-state index contributed by atoms with van der Waals surface area (Å²) in [6, 6.07) is 6.67. The Hall–Kier alpha value is -1.57. The molecule has 1 aromatic heterocycles. The van der Waals surface area contributed by atoms with Gasteiger partial charge in [0.2, 0.25) is 10.0 Å². The molecule has 2 rings (SSSR count). The Morgan fingerprint density at radius 1 is 1.30 bits per heavy atom. The van der Waals surface area contributed by atoms with E-state index in [1.807, 2.05) is 18.4 Å². The highest BCUT2D eigenvalue weighted by atomic mass is 32.2. The molecule has 0 radical (unpaired) electrons. The molecule has 0 aliphatic carbocycles. The van der Waals surface area contributed by atoms with Crippen molar-refractivity contribution in [2.24, 2.45) is 0 Å². The number of nitrogens with one attached hydrogen (secondary N) is 2. The Labute approximate surface area is 122 Å². The average Bonchev–Trinajstić information content (AvgIpc) is 2.83. The van der Waals surface area contributed by atoms with E-state index in [4.69, 9.17) is 5.73 Å². The number of thiophene rings is 1. The number of anilines is 2. The summed E-state index contributed by atoms with van der Waals surface area (Å²) < 4.78 is 25.8. The van der Waals surface area contributed by atoms with Crippen molar-refractivity contribution >= 4 is 32.7 Å². The number of nitrogen functional groups attached to an aromatic ring is 1. The highest BCUT2D eigenvalue weighted by Crippen LogP contribution is 2.24. The van der Waals surface area contributed by atoms with Crippen LogP contribution in [0, 0.1) is 6.92 Å². The lowest BCUT2D eigenvalue weighted by atomic mass is 10.2. The summed E-state index contributed by atoms with van der Waals surface area (Å²) in [6.45, 7) is 2.66. The van der Waals surface area contributed by atoms with Crippen LogP contribution in [0.15, 0.2) is 34.5 Å². The monoisotopic (exact) mass is 311 g/mol. The van der Waals surface area contributed by atoms with E-state index in [0.717, 1.165) is 0 Å². The number of sulfonamides is 1. The lowest BCUT2D eigenvalue weighted by molar-refractivity contribution is 0.588. The Bertz CT molecular complexity index is 708. The van der Waals surface area contributed by atoms with Crippen molar-refractivity contribution < 1.29 is 8.42 Å². The molecule has 108 valence electrons.